The van der Waals surface area contributed by atoms with Crippen LogP contribution in [0.2, 0.25) is 0 Å². The van der Waals surface area contributed by atoms with E-state index in [1.54, 1.807) is 0 Å². The highest BCUT2D eigenvalue weighted by Gasteiger charge is 2.08. The van der Waals surface area contributed by atoms with Crippen LogP contribution in [0.25, 0.3) is 0 Å². The van der Waals surface area contributed by atoms with E-state index in [0.717, 1.165) is 6.07 Å². The van der Waals surface area contributed by atoms with Crippen molar-refractivity contribution in [2.75, 3.05) is 13.6 Å². The maximum Gasteiger partial charge on any atom is 0.157 e. The van der Waals surface area contributed by atoms with E-state index >= 15 is 0 Å². The summed E-state index contributed by atoms with van der Waals surface area (Å²) in [5.41, 5.74) is -0.234. The minimum atomic E-state index is -2.13. The van der Waals surface area contributed by atoms with Crippen LogP contribution in [0.1, 0.15) is 15.8 Å². The standard InChI is InChI=1S/C9H13NO3/c1-10-5-9(13)6-2-3-7(11)8(12)4-6/h2-4,9-13H,5H2,1H3/i3D,4D,9D. The summed E-state index contributed by atoms with van der Waals surface area (Å²) in [6.07, 6.45) is -2.13. The van der Waals surface area contributed by atoms with Gasteiger partial charge in [-0.05, 0) is 24.7 Å². The topological polar surface area (TPSA) is 72.7 Å². The van der Waals surface area contributed by atoms with Crippen molar-refractivity contribution < 1.29 is 19.4 Å². The Morgan fingerprint density at radius 1 is 1.62 bits per heavy atom. The van der Waals surface area contributed by atoms with Gasteiger partial charge in [-0.15, -0.1) is 0 Å². The normalized spacial score (nSPS) is 18.5. The van der Waals surface area contributed by atoms with Crippen molar-refractivity contribution in [2.45, 2.75) is 6.08 Å². The van der Waals surface area contributed by atoms with Crippen LogP contribution in [0.15, 0.2) is 18.2 Å². The van der Waals surface area contributed by atoms with Gasteiger partial charge in [-0.2, -0.15) is 0 Å². The van der Waals surface area contributed by atoms with Crippen molar-refractivity contribution in [2.24, 2.45) is 0 Å². The van der Waals surface area contributed by atoms with E-state index in [2.05, 4.69) is 5.32 Å². The molecule has 4 nitrogen and oxygen atoms in total. The molecule has 0 aliphatic heterocycles. The van der Waals surface area contributed by atoms with Gasteiger partial charge in [0.25, 0.3) is 0 Å². The summed E-state index contributed by atoms with van der Waals surface area (Å²) >= 11 is 0. The molecule has 4 N–H and O–H groups in total. The van der Waals surface area contributed by atoms with Crippen LogP contribution in [-0.2, 0) is 0 Å². The zero-order valence-electron chi connectivity index (χ0n) is 10.1. The number of phenols is 2. The van der Waals surface area contributed by atoms with Crippen LogP contribution in [0, 0.1) is 0 Å². The highest BCUT2D eigenvalue weighted by atomic mass is 16.3. The lowest BCUT2D eigenvalue weighted by Gasteiger charge is -2.10. The average Bonchev–Trinajstić information content (AvgIpc) is 2.20. The molecule has 0 bridgehead atoms. The van der Waals surface area contributed by atoms with Gasteiger partial charge in [0.05, 0.1) is 10.2 Å². The van der Waals surface area contributed by atoms with E-state index in [9.17, 15) is 15.3 Å². The zero-order chi connectivity index (χ0) is 12.5. The molecule has 1 rings (SSSR count). The number of nitrogens with one attached hydrogen (secondary N) is 1. The van der Waals surface area contributed by atoms with E-state index in [1.165, 1.54) is 7.05 Å². The Bertz CT molecular complexity index is 409. The average molecular weight is 186 g/mol. The second-order valence-electron chi connectivity index (χ2n) is 2.50. The molecule has 0 aromatic heterocycles. The van der Waals surface area contributed by atoms with Crippen molar-refractivity contribution in [3.63, 3.8) is 0 Å². The van der Waals surface area contributed by atoms with Gasteiger partial charge in [-0.25, -0.2) is 0 Å². The molecule has 0 aliphatic rings. The van der Waals surface area contributed by atoms with E-state index in [0.29, 0.717) is 0 Å². The fourth-order valence-electron chi connectivity index (χ4n) is 0.850. The lowest BCUT2D eigenvalue weighted by molar-refractivity contribution is 0.177. The fraction of sp³-hybridized carbons (Fsp3) is 0.333. The van der Waals surface area contributed by atoms with Crippen molar-refractivity contribution in [1.29, 1.82) is 0 Å². The summed E-state index contributed by atoms with van der Waals surface area (Å²) in [5.74, 6) is -1.53. The summed E-state index contributed by atoms with van der Waals surface area (Å²) in [7, 11) is 1.52. The smallest absolute Gasteiger partial charge is 0.157 e. The number of hydrogen-bond acceptors (Lipinski definition) is 4. The van der Waals surface area contributed by atoms with Gasteiger partial charge in [0.2, 0.25) is 0 Å². The van der Waals surface area contributed by atoms with Crippen molar-refractivity contribution in [3.8, 4) is 11.5 Å². The number of aromatic hydroxyl groups is 2. The predicted octanol–water partition coefficient (Wildman–Crippen LogP) is 0.351. The summed E-state index contributed by atoms with van der Waals surface area (Å²) < 4.78 is 22.3. The van der Waals surface area contributed by atoms with Crippen molar-refractivity contribution in [1.82, 2.24) is 5.32 Å². The first kappa shape index (κ1) is 6.23. The summed E-state index contributed by atoms with van der Waals surface area (Å²) in [6, 6.07) is -0.00613. The molecule has 0 saturated heterocycles. The Kier molecular flexibility index (Phi) is 1.97. The Labute approximate surface area is 80.7 Å². The number of likely N-dealkylation sites (N-methyl/N-ethyl adjacent to an activating group) is 1. The minimum Gasteiger partial charge on any atom is -0.504 e. The lowest BCUT2D eigenvalue weighted by atomic mass is 10.1. The van der Waals surface area contributed by atoms with Crippen LogP contribution in [-0.4, -0.2) is 28.9 Å². The number of phenolic OH excluding ortho intramolecular Hbond substituents is 2. The summed E-state index contributed by atoms with van der Waals surface area (Å²) in [5, 5.41) is 30.8. The van der Waals surface area contributed by atoms with Crippen LogP contribution in [0.5, 0.6) is 11.5 Å². The van der Waals surface area contributed by atoms with Crippen LogP contribution in [0.3, 0.4) is 0 Å². The molecule has 4 heteroatoms. The molecule has 13 heavy (non-hydrogen) atoms. The van der Waals surface area contributed by atoms with E-state index in [1.807, 2.05) is 0 Å². The minimum absolute atomic E-state index is 0.164. The molecule has 0 fully saturated rings. The molecule has 0 saturated carbocycles. The largest absolute Gasteiger partial charge is 0.504 e. The molecule has 1 aromatic carbocycles. The molecule has 1 unspecified atom stereocenters. The molecule has 0 amide bonds. The predicted molar refractivity (Wildman–Crippen MR) is 48.7 cm³/mol. The summed E-state index contributed by atoms with van der Waals surface area (Å²) in [4.78, 5) is 0. The monoisotopic (exact) mass is 186 g/mol. The molecule has 0 aliphatic carbocycles. The van der Waals surface area contributed by atoms with Crippen molar-refractivity contribution >= 4 is 0 Å². The SMILES string of the molecule is [2H]c1cc(C([2H])(O)CNC)c([2H])c(O)c1O. The lowest BCUT2D eigenvalue weighted by Crippen LogP contribution is -2.16. The third-order valence-electron chi connectivity index (χ3n) is 1.49. The highest BCUT2D eigenvalue weighted by molar-refractivity contribution is 5.41. The number of hydrogen-bond donors (Lipinski definition) is 4. The van der Waals surface area contributed by atoms with Crippen LogP contribution < -0.4 is 5.32 Å². The molecule has 1 aromatic rings. The molecule has 1 atom stereocenters. The maximum atomic E-state index is 9.71. The highest BCUT2D eigenvalue weighted by Crippen LogP contribution is 2.27. The van der Waals surface area contributed by atoms with Gasteiger partial charge in [-0.3, -0.25) is 0 Å². The Balaban J connectivity index is 3.35. The third kappa shape index (κ3) is 2.34. The van der Waals surface area contributed by atoms with Gasteiger partial charge < -0.3 is 20.6 Å². The van der Waals surface area contributed by atoms with E-state index in [-0.39, 0.29) is 12.1 Å². The number of rotatable bonds is 3. The van der Waals surface area contributed by atoms with Crippen LogP contribution >= 0.6 is 0 Å². The fourth-order valence-corrected chi connectivity index (χ4v) is 0.850. The molecular weight excluding hydrogens is 170 g/mol. The Hall–Kier alpha value is -1.26. The van der Waals surface area contributed by atoms with Crippen molar-refractivity contribution in [3.05, 3.63) is 23.7 Å². The van der Waals surface area contributed by atoms with Gasteiger partial charge in [0.1, 0.15) is 0 Å². The maximum absolute atomic E-state index is 9.71. The van der Waals surface area contributed by atoms with Crippen LogP contribution in [0.4, 0.5) is 0 Å². The molecule has 0 radical (unpaired) electrons. The summed E-state index contributed by atoms with van der Waals surface area (Å²) in [6.45, 7) is -0.164. The first-order chi connectivity index (χ1) is 7.31. The third-order valence-corrected chi connectivity index (χ3v) is 1.49. The zero-order valence-corrected chi connectivity index (χ0v) is 7.13. The van der Waals surface area contributed by atoms with Gasteiger partial charge >= 0.3 is 0 Å². The van der Waals surface area contributed by atoms with E-state index < -0.39 is 29.7 Å². The first-order valence-corrected chi connectivity index (χ1v) is 3.71. The van der Waals surface area contributed by atoms with Gasteiger partial charge in [0.15, 0.2) is 11.5 Å². The Morgan fingerprint density at radius 3 is 2.92 bits per heavy atom. The molecule has 0 spiro atoms. The molecule has 0 heterocycles. The number of aliphatic hydroxyl groups is 1. The van der Waals surface area contributed by atoms with E-state index in [4.69, 9.17) is 4.11 Å². The quantitative estimate of drug-likeness (QED) is 0.514. The number of benzene rings is 1. The molecular formula is C9H13NO3. The second kappa shape index (κ2) is 4.11. The first-order valence-electron chi connectivity index (χ1n) is 5.21. The second-order valence-corrected chi connectivity index (χ2v) is 2.50. The van der Waals surface area contributed by atoms with Gasteiger partial charge in [-0.1, -0.05) is 6.07 Å². The molecule has 72 valence electrons. The van der Waals surface area contributed by atoms with Gasteiger partial charge in [0, 0.05) is 6.54 Å². The Morgan fingerprint density at radius 2 is 2.31 bits per heavy atom.